The molecule has 34 heavy (non-hydrogen) atoms. The van der Waals surface area contributed by atoms with E-state index >= 15 is 0 Å². The summed E-state index contributed by atoms with van der Waals surface area (Å²) in [6, 6.07) is 19.0. The number of aromatic nitrogens is 1. The predicted octanol–water partition coefficient (Wildman–Crippen LogP) is 3.90. The number of hydrogen-bond donors (Lipinski definition) is 0. The summed E-state index contributed by atoms with van der Waals surface area (Å²) >= 11 is 0. The van der Waals surface area contributed by atoms with Gasteiger partial charge in [-0.25, -0.2) is 0 Å². The average molecular weight is 462 g/mol. The summed E-state index contributed by atoms with van der Waals surface area (Å²) in [5.74, 6) is 2.00. The fourth-order valence-electron chi connectivity index (χ4n) is 3.90. The first kappa shape index (κ1) is 23.6. The Balaban J connectivity index is 1.30. The topological polar surface area (TPSA) is 64.1 Å². The number of carbonyl (C=O) groups excluding carboxylic acids is 1. The molecule has 1 aromatic heterocycles. The number of hydrogen-bond acceptors (Lipinski definition) is 6. The minimum absolute atomic E-state index is 0.0148. The van der Waals surface area contributed by atoms with Gasteiger partial charge in [0.15, 0.2) is 11.5 Å². The van der Waals surface area contributed by atoms with Gasteiger partial charge in [0.2, 0.25) is 0 Å². The summed E-state index contributed by atoms with van der Waals surface area (Å²) < 4.78 is 17.3. The first-order valence-corrected chi connectivity index (χ1v) is 11.7. The minimum atomic E-state index is 0.0148. The lowest BCUT2D eigenvalue weighted by Gasteiger charge is -2.34. The molecule has 2 heterocycles. The number of ether oxygens (including phenoxy) is 3. The van der Waals surface area contributed by atoms with Crippen molar-refractivity contribution < 1.29 is 19.0 Å². The largest absolute Gasteiger partial charge is 0.490 e. The van der Waals surface area contributed by atoms with Crippen LogP contribution >= 0.6 is 0 Å². The normalized spacial score (nSPS) is 14.0. The van der Waals surface area contributed by atoms with Crippen molar-refractivity contribution in [2.45, 2.75) is 13.5 Å². The van der Waals surface area contributed by atoms with Crippen LogP contribution in [0.15, 0.2) is 73.1 Å². The third-order valence-electron chi connectivity index (χ3n) is 5.63. The van der Waals surface area contributed by atoms with Gasteiger partial charge >= 0.3 is 0 Å². The number of pyridine rings is 1. The maximum atomic E-state index is 13.1. The zero-order chi connectivity index (χ0) is 23.6. The van der Waals surface area contributed by atoms with E-state index < -0.39 is 0 Å². The molecule has 0 bridgehead atoms. The lowest BCUT2D eigenvalue weighted by molar-refractivity contribution is 0.0627. The van der Waals surface area contributed by atoms with Crippen molar-refractivity contribution in [3.8, 4) is 17.2 Å². The van der Waals surface area contributed by atoms with Crippen LogP contribution in [0.5, 0.6) is 17.2 Å². The molecule has 4 rings (SSSR count). The van der Waals surface area contributed by atoms with E-state index in [-0.39, 0.29) is 5.91 Å². The Hall–Kier alpha value is -3.58. The highest BCUT2D eigenvalue weighted by atomic mass is 16.5. The first-order chi connectivity index (χ1) is 16.7. The quantitative estimate of drug-likeness (QED) is 0.427. The Bertz CT molecular complexity index is 1040. The smallest absolute Gasteiger partial charge is 0.254 e. The summed E-state index contributed by atoms with van der Waals surface area (Å²) in [5, 5.41) is 0. The molecule has 0 spiro atoms. The van der Waals surface area contributed by atoms with Crippen LogP contribution in [0.2, 0.25) is 0 Å². The van der Waals surface area contributed by atoms with E-state index in [1.807, 2.05) is 54.4 Å². The van der Waals surface area contributed by atoms with E-state index in [1.165, 1.54) is 5.56 Å². The molecule has 2 aromatic carbocycles. The van der Waals surface area contributed by atoms with Crippen LogP contribution in [-0.2, 0) is 6.54 Å². The monoisotopic (exact) mass is 461 g/mol. The molecule has 1 saturated heterocycles. The lowest BCUT2D eigenvalue weighted by Crippen LogP contribution is -2.48. The Morgan fingerprint density at radius 2 is 1.68 bits per heavy atom. The maximum absolute atomic E-state index is 13.1. The second-order valence-electron chi connectivity index (χ2n) is 8.03. The van der Waals surface area contributed by atoms with E-state index in [0.717, 1.165) is 25.4 Å². The van der Waals surface area contributed by atoms with E-state index in [9.17, 15) is 4.79 Å². The molecule has 0 aliphatic carbocycles. The number of carbonyl (C=O) groups is 1. The summed E-state index contributed by atoms with van der Waals surface area (Å²) in [7, 11) is 0. The van der Waals surface area contributed by atoms with E-state index in [4.69, 9.17) is 14.2 Å². The van der Waals surface area contributed by atoms with Crippen molar-refractivity contribution in [1.29, 1.82) is 0 Å². The second-order valence-corrected chi connectivity index (χ2v) is 8.03. The van der Waals surface area contributed by atoms with Crippen molar-refractivity contribution in [2.75, 3.05) is 46.0 Å². The third kappa shape index (κ3) is 6.48. The number of benzene rings is 2. The van der Waals surface area contributed by atoms with Crippen LogP contribution in [0.25, 0.3) is 0 Å². The van der Waals surface area contributed by atoms with Crippen molar-refractivity contribution in [1.82, 2.24) is 14.8 Å². The van der Waals surface area contributed by atoms with Gasteiger partial charge in [-0.05, 0) is 48.9 Å². The number of piperazine rings is 1. The molecule has 1 aliphatic heterocycles. The van der Waals surface area contributed by atoms with Crippen molar-refractivity contribution in [2.24, 2.45) is 0 Å². The number of rotatable bonds is 10. The molecule has 178 valence electrons. The van der Waals surface area contributed by atoms with Crippen LogP contribution in [0.1, 0.15) is 22.8 Å². The summed E-state index contributed by atoms with van der Waals surface area (Å²) in [6.45, 7) is 7.10. The maximum Gasteiger partial charge on any atom is 0.254 e. The number of amides is 1. The van der Waals surface area contributed by atoms with Crippen LogP contribution in [-0.4, -0.2) is 66.7 Å². The molecular weight excluding hydrogens is 430 g/mol. The standard InChI is InChI=1S/C27H31N3O4/c1-2-32-26-19-23(10-11-25(26)34-18-17-33-24-8-4-3-5-9-24)27(31)30-15-13-29(14-16-30)21-22-7-6-12-28-20-22/h3-12,19-20H,2,13-18,21H2,1H3. The zero-order valence-electron chi connectivity index (χ0n) is 19.6. The van der Waals surface area contributed by atoms with Gasteiger partial charge in [0, 0.05) is 50.7 Å². The molecule has 1 aliphatic rings. The highest BCUT2D eigenvalue weighted by Gasteiger charge is 2.23. The summed E-state index contributed by atoms with van der Waals surface area (Å²) in [5.41, 5.74) is 1.80. The lowest BCUT2D eigenvalue weighted by atomic mass is 10.1. The van der Waals surface area contributed by atoms with Crippen LogP contribution in [0.3, 0.4) is 0 Å². The molecule has 1 amide bonds. The van der Waals surface area contributed by atoms with Crippen molar-refractivity contribution in [3.05, 3.63) is 84.2 Å². The van der Waals surface area contributed by atoms with Crippen LogP contribution < -0.4 is 14.2 Å². The fourth-order valence-corrected chi connectivity index (χ4v) is 3.90. The molecule has 0 atom stereocenters. The van der Waals surface area contributed by atoms with Gasteiger partial charge in [-0.3, -0.25) is 14.7 Å². The van der Waals surface area contributed by atoms with Crippen LogP contribution in [0.4, 0.5) is 0 Å². The Labute approximate surface area is 200 Å². The van der Waals surface area contributed by atoms with Gasteiger partial charge in [0.1, 0.15) is 19.0 Å². The first-order valence-electron chi connectivity index (χ1n) is 11.7. The van der Waals surface area contributed by atoms with Gasteiger partial charge in [-0.1, -0.05) is 24.3 Å². The van der Waals surface area contributed by atoms with Gasteiger partial charge in [-0.2, -0.15) is 0 Å². The Morgan fingerprint density at radius 1 is 0.882 bits per heavy atom. The van der Waals surface area contributed by atoms with Crippen molar-refractivity contribution >= 4 is 5.91 Å². The molecule has 7 heteroatoms. The predicted molar refractivity (Wildman–Crippen MR) is 130 cm³/mol. The number of nitrogens with zero attached hydrogens (tertiary/aromatic N) is 3. The van der Waals surface area contributed by atoms with Crippen LogP contribution in [0, 0.1) is 0 Å². The van der Waals surface area contributed by atoms with Gasteiger partial charge in [0.05, 0.1) is 6.61 Å². The van der Waals surface area contributed by atoms with E-state index in [0.29, 0.717) is 50.0 Å². The molecule has 3 aromatic rings. The molecular formula is C27H31N3O4. The molecule has 1 fully saturated rings. The molecule has 7 nitrogen and oxygen atoms in total. The third-order valence-corrected chi connectivity index (χ3v) is 5.63. The highest BCUT2D eigenvalue weighted by Crippen LogP contribution is 2.29. The zero-order valence-corrected chi connectivity index (χ0v) is 19.6. The second kappa shape index (κ2) is 12.0. The highest BCUT2D eigenvalue weighted by molar-refractivity contribution is 5.95. The molecule has 0 N–H and O–H groups in total. The fraction of sp³-hybridized carbons (Fsp3) is 0.333. The summed E-state index contributed by atoms with van der Waals surface area (Å²) in [4.78, 5) is 21.6. The summed E-state index contributed by atoms with van der Waals surface area (Å²) in [6.07, 6.45) is 3.68. The van der Waals surface area contributed by atoms with Crippen molar-refractivity contribution in [3.63, 3.8) is 0 Å². The average Bonchev–Trinajstić information content (AvgIpc) is 2.89. The Kier molecular flexibility index (Phi) is 8.35. The molecule has 0 saturated carbocycles. The Morgan fingerprint density at radius 3 is 2.41 bits per heavy atom. The van der Waals surface area contributed by atoms with Gasteiger partial charge in [0.25, 0.3) is 5.91 Å². The van der Waals surface area contributed by atoms with Gasteiger partial charge < -0.3 is 19.1 Å². The minimum Gasteiger partial charge on any atom is -0.490 e. The molecule has 0 radical (unpaired) electrons. The number of para-hydroxylation sites is 1. The van der Waals surface area contributed by atoms with Gasteiger partial charge in [-0.15, -0.1) is 0 Å². The van der Waals surface area contributed by atoms with E-state index in [2.05, 4.69) is 16.0 Å². The SMILES string of the molecule is CCOc1cc(C(=O)N2CCN(Cc3cccnc3)CC2)ccc1OCCOc1ccccc1. The van der Waals surface area contributed by atoms with E-state index in [1.54, 1.807) is 24.4 Å². The molecule has 0 unspecified atom stereocenters.